The van der Waals surface area contributed by atoms with E-state index in [-0.39, 0.29) is 40.9 Å². The number of ether oxygens (including phenoxy) is 1. The molecule has 2 atom stereocenters. The molecule has 0 aliphatic carbocycles. The summed E-state index contributed by atoms with van der Waals surface area (Å²) in [6, 6.07) is 5.41. The van der Waals surface area contributed by atoms with Gasteiger partial charge in [-0.3, -0.25) is 24.6 Å². The Morgan fingerprint density at radius 3 is 2.74 bits per heavy atom. The van der Waals surface area contributed by atoms with Crippen LogP contribution in [0.5, 0.6) is 5.75 Å². The molecule has 2 aliphatic rings. The summed E-state index contributed by atoms with van der Waals surface area (Å²) in [4.78, 5) is 38.6. The van der Waals surface area contributed by atoms with Crippen molar-refractivity contribution in [1.29, 1.82) is 0 Å². The number of carbonyl (C=O) groups is 2. The standard InChI is InChI=1S/C22H17F2N5O5/c1-34-14-3-2-11-8-29(19(31)15(11)17(14)24)9-22(20(32)25-21(33)26-22)5-4-10-6-12(23)16-13(7-10)27-28-18(16)30/h2-3,6-7,21,26,33H,8-9H2,1H3,(H,25,32)(H2,27,28,30)/t21?,22-/m1/s1. The summed E-state index contributed by atoms with van der Waals surface area (Å²) < 4.78 is 34.0. The highest BCUT2D eigenvalue weighted by Crippen LogP contribution is 2.32. The van der Waals surface area contributed by atoms with Gasteiger partial charge in [0.05, 0.1) is 24.7 Å². The number of rotatable bonds is 3. The summed E-state index contributed by atoms with van der Waals surface area (Å²) in [5.74, 6) is 2.27. The fourth-order valence-electron chi connectivity index (χ4n) is 4.17. The molecule has 174 valence electrons. The number of amides is 2. The highest BCUT2D eigenvalue weighted by molar-refractivity contribution is 6.00. The highest BCUT2D eigenvalue weighted by atomic mass is 19.1. The predicted molar refractivity (Wildman–Crippen MR) is 113 cm³/mol. The van der Waals surface area contributed by atoms with Crippen LogP contribution >= 0.6 is 0 Å². The molecule has 2 aromatic carbocycles. The van der Waals surface area contributed by atoms with E-state index < -0.39 is 40.9 Å². The Morgan fingerprint density at radius 1 is 1.24 bits per heavy atom. The van der Waals surface area contributed by atoms with Crippen LogP contribution < -0.4 is 20.9 Å². The van der Waals surface area contributed by atoms with Crippen LogP contribution in [0.25, 0.3) is 10.9 Å². The lowest BCUT2D eigenvalue weighted by Crippen LogP contribution is -2.55. The van der Waals surface area contributed by atoms with Gasteiger partial charge < -0.3 is 20.1 Å². The van der Waals surface area contributed by atoms with E-state index in [4.69, 9.17) is 4.74 Å². The minimum absolute atomic E-state index is 0.00867. The molecule has 34 heavy (non-hydrogen) atoms. The maximum Gasteiger partial charge on any atom is 0.274 e. The molecule has 0 bridgehead atoms. The summed E-state index contributed by atoms with van der Waals surface area (Å²) in [6.07, 6.45) is -1.45. The van der Waals surface area contributed by atoms with Crippen LogP contribution in [0, 0.1) is 23.5 Å². The Kier molecular flexibility index (Phi) is 4.89. The average molecular weight is 469 g/mol. The fraction of sp³-hybridized carbons (Fsp3) is 0.227. The number of benzene rings is 2. The van der Waals surface area contributed by atoms with Crippen molar-refractivity contribution in [2.24, 2.45) is 0 Å². The van der Waals surface area contributed by atoms with Crippen LogP contribution in [0.3, 0.4) is 0 Å². The molecule has 5 N–H and O–H groups in total. The van der Waals surface area contributed by atoms with E-state index >= 15 is 0 Å². The first-order chi connectivity index (χ1) is 16.2. The second-order valence-corrected chi connectivity index (χ2v) is 7.91. The molecule has 0 spiro atoms. The van der Waals surface area contributed by atoms with E-state index in [1.807, 2.05) is 0 Å². The predicted octanol–water partition coefficient (Wildman–Crippen LogP) is -0.115. The first-order valence-corrected chi connectivity index (χ1v) is 10.1. The quantitative estimate of drug-likeness (QED) is 0.339. The average Bonchev–Trinajstić information content (AvgIpc) is 3.41. The van der Waals surface area contributed by atoms with Crippen molar-refractivity contribution in [2.45, 2.75) is 18.4 Å². The number of nitrogens with one attached hydrogen (secondary N) is 4. The zero-order valence-electron chi connectivity index (χ0n) is 17.6. The van der Waals surface area contributed by atoms with Gasteiger partial charge in [-0.15, -0.1) is 0 Å². The summed E-state index contributed by atoms with van der Waals surface area (Å²) in [7, 11) is 1.28. The third-order valence-corrected chi connectivity index (χ3v) is 5.79. The molecular weight excluding hydrogens is 452 g/mol. The third kappa shape index (κ3) is 3.30. The van der Waals surface area contributed by atoms with Crippen LogP contribution in [0.1, 0.15) is 21.5 Å². The molecule has 12 heteroatoms. The number of methoxy groups -OCH3 is 1. The third-order valence-electron chi connectivity index (χ3n) is 5.79. The number of aromatic nitrogens is 2. The Morgan fingerprint density at radius 2 is 2.03 bits per heavy atom. The van der Waals surface area contributed by atoms with Crippen molar-refractivity contribution in [3.63, 3.8) is 0 Å². The lowest BCUT2D eigenvalue weighted by Gasteiger charge is -2.26. The first-order valence-electron chi connectivity index (χ1n) is 10.1. The van der Waals surface area contributed by atoms with E-state index in [9.17, 15) is 28.3 Å². The lowest BCUT2D eigenvalue weighted by atomic mass is 9.99. The van der Waals surface area contributed by atoms with Crippen LogP contribution in [0.4, 0.5) is 8.78 Å². The minimum Gasteiger partial charge on any atom is -0.494 e. The number of hydrogen-bond acceptors (Lipinski definition) is 6. The molecule has 2 aliphatic heterocycles. The normalized spacial score (nSPS) is 21.4. The number of hydrogen-bond donors (Lipinski definition) is 5. The number of carbonyl (C=O) groups excluding carboxylic acids is 2. The first kappa shape index (κ1) is 21.6. The fourth-order valence-corrected chi connectivity index (χ4v) is 4.17. The van der Waals surface area contributed by atoms with Crippen molar-refractivity contribution in [3.05, 3.63) is 62.9 Å². The van der Waals surface area contributed by atoms with E-state index in [1.54, 1.807) is 6.07 Å². The van der Waals surface area contributed by atoms with Crippen molar-refractivity contribution >= 4 is 22.7 Å². The Balaban J connectivity index is 1.50. The number of aliphatic hydroxyl groups is 1. The Hall–Kier alpha value is -4.21. The molecule has 1 saturated heterocycles. The summed E-state index contributed by atoms with van der Waals surface area (Å²) >= 11 is 0. The molecule has 5 rings (SSSR count). The van der Waals surface area contributed by atoms with Crippen LogP contribution in [0.2, 0.25) is 0 Å². The van der Waals surface area contributed by atoms with Crippen LogP contribution in [-0.4, -0.2) is 57.6 Å². The van der Waals surface area contributed by atoms with Gasteiger partial charge in [-0.05, 0) is 23.8 Å². The zero-order chi connectivity index (χ0) is 24.2. The van der Waals surface area contributed by atoms with Gasteiger partial charge >= 0.3 is 0 Å². The van der Waals surface area contributed by atoms with Crippen molar-refractivity contribution in [3.8, 4) is 17.6 Å². The maximum atomic E-state index is 14.7. The molecule has 1 unspecified atom stereocenters. The molecular formula is C22H17F2N5O5. The van der Waals surface area contributed by atoms with Gasteiger partial charge in [0.1, 0.15) is 11.2 Å². The van der Waals surface area contributed by atoms with Crippen LogP contribution in [-0.2, 0) is 11.3 Å². The lowest BCUT2D eigenvalue weighted by molar-refractivity contribution is -0.123. The second-order valence-electron chi connectivity index (χ2n) is 7.91. The maximum absolute atomic E-state index is 14.7. The van der Waals surface area contributed by atoms with E-state index in [0.717, 1.165) is 6.07 Å². The van der Waals surface area contributed by atoms with Crippen molar-refractivity contribution in [2.75, 3.05) is 13.7 Å². The molecule has 0 saturated carbocycles. The molecule has 10 nitrogen and oxygen atoms in total. The number of aliphatic hydroxyl groups excluding tert-OH is 1. The van der Waals surface area contributed by atoms with Gasteiger partial charge in [0.2, 0.25) is 0 Å². The van der Waals surface area contributed by atoms with Gasteiger partial charge in [0, 0.05) is 12.1 Å². The monoisotopic (exact) mass is 469 g/mol. The van der Waals surface area contributed by atoms with Gasteiger partial charge in [-0.2, -0.15) is 0 Å². The number of halogens is 2. The number of nitrogens with zero attached hydrogens (tertiary/aromatic N) is 1. The number of H-pyrrole nitrogens is 2. The summed E-state index contributed by atoms with van der Waals surface area (Å²) in [5, 5.41) is 19.5. The van der Waals surface area contributed by atoms with E-state index in [2.05, 4.69) is 32.7 Å². The molecule has 3 heterocycles. The van der Waals surface area contributed by atoms with Gasteiger partial charge in [-0.1, -0.05) is 17.9 Å². The molecule has 0 radical (unpaired) electrons. The van der Waals surface area contributed by atoms with Gasteiger partial charge in [0.25, 0.3) is 17.4 Å². The SMILES string of the molecule is COc1ccc2c(c1F)C(=O)N(C[C@@]1(C#Cc3cc(F)c4c(=O)[nH][nH]c4c3)NC(O)NC1=O)C2. The molecule has 2 amide bonds. The smallest absolute Gasteiger partial charge is 0.274 e. The van der Waals surface area contributed by atoms with Gasteiger partial charge in [0.15, 0.2) is 23.5 Å². The molecule has 3 aromatic rings. The van der Waals surface area contributed by atoms with Crippen molar-refractivity contribution in [1.82, 2.24) is 25.7 Å². The van der Waals surface area contributed by atoms with Crippen LogP contribution in [0.15, 0.2) is 29.1 Å². The summed E-state index contributed by atoms with van der Waals surface area (Å²) in [5.41, 5.74) is -1.82. The number of aromatic amines is 2. The Bertz CT molecular complexity index is 1490. The minimum atomic E-state index is -1.77. The highest BCUT2D eigenvalue weighted by Gasteiger charge is 2.48. The topological polar surface area (TPSA) is 140 Å². The molecule has 1 fully saturated rings. The van der Waals surface area contributed by atoms with E-state index in [1.165, 1.54) is 24.1 Å². The second kappa shape index (κ2) is 7.68. The van der Waals surface area contributed by atoms with Crippen molar-refractivity contribution < 1.29 is 28.2 Å². The largest absolute Gasteiger partial charge is 0.494 e. The molecule has 1 aromatic heterocycles. The summed E-state index contributed by atoms with van der Waals surface area (Å²) in [6.45, 7) is -0.321. The Labute approximate surface area is 189 Å². The zero-order valence-corrected chi connectivity index (χ0v) is 17.6. The van der Waals surface area contributed by atoms with E-state index in [0.29, 0.717) is 5.56 Å². The van der Waals surface area contributed by atoms with Gasteiger partial charge in [-0.25, -0.2) is 14.1 Å². The number of fused-ring (bicyclic) bond motifs is 2.